The number of nitrogens with two attached hydrogens (primary N) is 2. The van der Waals surface area contributed by atoms with Crippen molar-refractivity contribution in [1.29, 1.82) is 0 Å². The molecule has 0 heterocycles. The van der Waals surface area contributed by atoms with E-state index in [1.807, 2.05) is 0 Å². The third kappa shape index (κ3) is 4.02. The molecule has 0 fully saturated rings. The fourth-order valence-corrected chi connectivity index (χ4v) is 3.08. The fourth-order valence-electron chi connectivity index (χ4n) is 1.38. The van der Waals surface area contributed by atoms with Gasteiger partial charge in [-0.1, -0.05) is 6.92 Å². The molecule has 0 amide bonds. The van der Waals surface area contributed by atoms with Crippen LogP contribution in [-0.4, -0.2) is 14.2 Å². The molecule has 0 unspecified atom stereocenters. The van der Waals surface area contributed by atoms with Gasteiger partial charge in [-0.3, -0.25) is 0 Å². The number of rotatable bonds is 4. The summed E-state index contributed by atoms with van der Waals surface area (Å²) in [5.41, 5.74) is 3.88. The van der Waals surface area contributed by atoms with Crippen LogP contribution in [0.2, 0.25) is 0 Å². The Kier molecular flexibility index (Phi) is 4.75. The number of anilines is 1. The van der Waals surface area contributed by atoms with Gasteiger partial charge in [0.15, 0.2) is 0 Å². The van der Waals surface area contributed by atoms with Crippen LogP contribution in [0.1, 0.15) is 18.9 Å². The Bertz CT molecular complexity index is 571. The molecule has 0 aliphatic heterocycles. The molecular weight excluding hydrogens is 301 g/mol. The summed E-state index contributed by atoms with van der Waals surface area (Å²) in [6.07, 6.45) is -3.95. The second-order valence-electron chi connectivity index (χ2n) is 3.78. The van der Waals surface area contributed by atoms with Crippen molar-refractivity contribution in [3.8, 4) is 0 Å². The average Bonchev–Trinajstić information content (AvgIpc) is 2.24. The number of hydrogen-bond acceptors (Lipinski definition) is 4. The summed E-state index contributed by atoms with van der Waals surface area (Å²) in [5, 5.41) is 4.92. The number of nitrogen functional groups attached to an aromatic ring is 1. The molecule has 1 aromatic rings. The van der Waals surface area contributed by atoms with E-state index in [-0.39, 0.29) is 4.90 Å². The number of alkyl halides is 3. The fraction of sp³-hybridized carbons (Fsp3) is 0.400. The van der Waals surface area contributed by atoms with Crippen molar-refractivity contribution in [2.75, 3.05) is 11.5 Å². The van der Waals surface area contributed by atoms with E-state index in [4.69, 9.17) is 10.9 Å². The maximum Gasteiger partial charge on any atom is 0.417 e. The summed E-state index contributed by atoms with van der Waals surface area (Å²) in [6, 6.07) is 1.49. The van der Waals surface area contributed by atoms with Crippen molar-refractivity contribution in [3.63, 3.8) is 0 Å². The van der Waals surface area contributed by atoms with Crippen molar-refractivity contribution < 1.29 is 21.6 Å². The van der Waals surface area contributed by atoms with Crippen molar-refractivity contribution >= 4 is 27.5 Å². The molecule has 1 aromatic carbocycles. The van der Waals surface area contributed by atoms with E-state index in [9.17, 15) is 21.6 Å². The smallest absolute Gasteiger partial charge is 0.398 e. The maximum absolute atomic E-state index is 12.8. The van der Waals surface area contributed by atoms with Crippen LogP contribution >= 0.6 is 11.8 Å². The van der Waals surface area contributed by atoms with Crippen LogP contribution in [0.15, 0.2) is 21.9 Å². The number of halogens is 3. The summed E-state index contributed by atoms with van der Waals surface area (Å²) in [4.78, 5) is -0.674. The topological polar surface area (TPSA) is 86.2 Å². The predicted molar refractivity (Wildman–Crippen MR) is 68.2 cm³/mol. The first-order valence-electron chi connectivity index (χ1n) is 5.23. The Morgan fingerprint density at radius 1 is 1.32 bits per heavy atom. The lowest BCUT2D eigenvalue weighted by atomic mass is 10.2. The highest BCUT2D eigenvalue weighted by Gasteiger charge is 2.35. The molecule has 0 saturated carbocycles. The number of sulfonamides is 1. The highest BCUT2D eigenvalue weighted by Crippen LogP contribution is 2.40. The molecule has 108 valence electrons. The molecule has 0 aromatic heterocycles. The number of hydrogen-bond donors (Lipinski definition) is 2. The molecule has 0 aliphatic rings. The zero-order valence-electron chi connectivity index (χ0n) is 9.99. The summed E-state index contributed by atoms with van der Waals surface area (Å²) in [6.45, 7) is 1.80. The zero-order valence-corrected chi connectivity index (χ0v) is 11.6. The number of thioether (sulfide) groups is 1. The normalized spacial score (nSPS) is 12.7. The molecule has 0 saturated heterocycles. The second kappa shape index (κ2) is 5.59. The summed E-state index contributed by atoms with van der Waals surface area (Å²) in [5.74, 6) is 0.428. The second-order valence-corrected chi connectivity index (χ2v) is 6.44. The summed E-state index contributed by atoms with van der Waals surface area (Å²) in [7, 11) is -4.15. The van der Waals surface area contributed by atoms with Gasteiger partial charge in [0.2, 0.25) is 10.0 Å². The molecule has 4 N–H and O–H groups in total. The molecular formula is C10H13F3N2O2S2. The summed E-state index contributed by atoms with van der Waals surface area (Å²) >= 11 is 0.917. The summed E-state index contributed by atoms with van der Waals surface area (Å²) < 4.78 is 61.0. The minimum atomic E-state index is -4.60. The van der Waals surface area contributed by atoms with Crippen LogP contribution in [-0.2, 0) is 16.2 Å². The predicted octanol–water partition coefficient (Wildman–Crippen LogP) is 2.44. The van der Waals surface area contributed by atoms with Gasteiger partial charge in [0.05, 0.1) is 11.3 Å². The van der Waals surface area contributed by atoms with Gasteiger partial charge in [0.25, 0.3) is 0 Å². The largest absolute Gasteiger partial charge is 0.417 e. The van der Waals surface area contributed by atoms with Crippen LogP contribution in [0.4, 0.5) is 18.9 Å². The molecule has 0 spiro atoms. The van der Waals surface area contributed by atoms with E-state index >= 15 is 0 Å². The molecule has 4 nitrogen and oxygen atoms in total. The first-order chi connectivity index (χ1) is 8.57. The van der Waals surface area contributed by atoms with E-state index in [0.717, 1.165) is 17.8 Å². The molecule has 0 atom stereocenters. The molecule has 9 heteroatoms. The van der Waals surface area contributed by atoms with E-state index in [2.05, 4.69) is 0 Å². The van der Waals surface area contributed by atoms with Gasteiger partial charge in [0.1, 0.15) is 4.90 Å². The van der Waals surface area contributed by atoms with Gasteiger partial charge >= 0.3 is 6.18 Å². The highest BCUT2D eigenvalue weighted by atomic mass is 32.2. The van der Waals surface area contributed by atoms with E-state index in [1.54, 1.807) is 6.92 Å². The van der Waals surface area contributed by atoms with Crippen LogP contribution < -0.4 is 10.9 Å². The first-order valence-corrected chi connectivity index (χ1v) is 7.77. The van der Waals surface area contributed by atoms with Crippen LogP contribution in [0.25, 0.3) is 0 Å². The maximum atomic E-state index is 12.8. The van der Waals surface area contributed by atoms with Gasteiger partial charge in [-0.25, -0.2) is 13.6 Å². The van der Waals surface area contributed by atoms with Crippen LogP contribution in [0.5, 0.6) is 0 Å². The lowest BCUT2D eigenvalue weighted by Crippen LogP contribution is -2.16. The minimum absolute atomic E-state index is 0.187. The highest BCUT2D eigenvalue weighted by molar-refractivity contribution is 7.99. The molecule has 1 rings (SSSR count). The number of primary sulfonamides is 1. The van der Waals surface area contributed by atoms with Gasteiger partial charge in [-0.15, -0.1) is 11.8 Å². The van der Waals surface area contributed by atoms with Gasteiger partial charge in [0, 0.05) is 4.90 Å². The molecule has 0 bridgehead atoms. The minimum Gasteiger partial charge on any atom is -0.398 e. The molecule has 0 radical (unpaired) electrons. The Balaban J connectivity index is 3.46. The lowest BCUT2D eigenvalue weighted by molar-refractivity contribution is -0.139. The Morgan fingerprint density at radius 2 is 1.89 bits per heavy atom. The SMILES string of the molecule is CCCSc1cc(S(N)(=O)=O)c(N)cc1C(F)(F)F. The van der Waals surface area contributed by atoms with E-state index in [0.29, 0.717) is 18.2 Å². The van der Waals surface area contributed by atoms with Crippen LogP contribution in [0.3, 0.4) is 0 Å². The average molecular weight is 314 g/mol. The van der Waals surface area contributed by atoms with Crippen molar-refractivity contribution in [3.05, 3.63) is 17.7 Å². The first kappa shape index (κ1) is 16.1. The van der Waals surface area contributed by atoms with Gasteiger partial charge < -0.3 is 5.73 Å². The lowest BCUT2D eigenvalue weighted by Gasteiger charge is -2.15. The Labute approximate surface area is 113 Å². The Morgan fingerprint density at radius 3 is 2.32 bits per heavy atom. The van der Waals surface area contributed by atoms with Gasteiger partial charge in [-0.05, 0) is 24.3 Å². The third-order valence-electron chi connectivity index (χ3n) is 2.19. The van der Waals surface area contributed by atoms with Crippen molar-refractivity contribution in [1.82, 2.24) is 0 Å². The molecule has 0 aliphatic carbocycles. The third-order valence-corrected chi connectivity index (χ3v) is 4.41. The standard InChI is InChI=1S/C10H13F3N2O2S2/c1-2-3-18-8-5-9(19(15,16)17)7(14)4-6(8)10(11,12)13/h4-5H,2-3,14H2,1H3,(H2,15,16,17). The van der Waals surface area contributed by atoms with Crippen molar-refractivity contribution in [2.24, 2.45) is 5.14 Å². The zero-order chi connectivity index (χ0) is 14.8. The molecule has 19 heavy (non-hydrogen) atoms. The number of benzene rings is 1. The Hall–Kier alpha value is -0.930. The van der Waals surface area contributed by atoms with E-state index < -0.39 is 32.3 Å². The van der Waals surface area contributed by atoms with E-state index in [1.165, 1.54) is 0 Å². The quantitative estimate of drug-likeness (QED) is 0.660. The van der Waals surface area contributed by atoms with Gasteiger partial charge in [-0.2, -0.15) is 13.2 Å². The van der Waals surface area contributed by atoms with Crippen molar-refractivity contribution in [2.45, 2.75) is 29.3 Å². The van der Waals surface area contributed by atoms with Crippen LogP contribution in [0, 0.1) is 0 Å². The monoisotopic (exact) mass is 314 g/mol.